The summed E-state index contributed by atoms with van der Waals surface area (Å²) in [5, 5.41) is 10.3. The third-order valence-electron chi connectivity index (χ3n) is 7.06. The lowest BCUT2D eigenvalue weighted by molar-refractivity contribution is -0.136. The predicted molar refractivity (Wildman–Crippen MR) is 159 cm³/mol. The Morgan fingerprint density at radius 3 is 1.89 bits per heavy atom. The number of hydrogen-bond donors (Lipinski definition) is 1. The van der Waals surface area contributed by atoms with Gasteiger partial charge < -0.3 is 24.4 Å². The van der Waals surface area contributed by atoms with Crippen molar-refractivity contribution in [3.8, 4) is 0 Å². The van der Waals surface area contributed by atoms with Crippen LogP contribution in [-0.2, 0) is 25.5 Å². The number of alkyl carbamates (subject to hydrolysis) is 1. The molecule has 2 heterocycles. The minimum atomic E-state index is -1.20. The van der Waals surface area contributed by atoms with Gasteiger partial charge in [-0.25, -0.2) is 19.1 Å². The van der Waals surface area contributed by atoms with Crippen LogP contribution in [0.5, 0.6) is 0 Å². The van der Waals surface area contributed by atoms with Crippen LogP contribution in [-0.4, -0.2) is 101 Å². The van der Waals surface area contributed by atoms with E-state index in [0.29, 0.717) is 26.2 Å². The minimum absolute atomic E-state index is 0.000145. The molecule has 1 aliphatic rings. The van der Waals surface area contributed by atoms with Crippen LogP contribution in [0, 0.1) is 0 Å². The van der Waals surface area contributed by atoms with Crippen LogP contribution >= 0.6 is 0 Å². The summed E-state index contributed by atoms with van der Waals surface area (Å²) in [7, 11) is 2.28. The second-order valence-corrected chi connectivity index (χ2v) is 11.2. The van der Waals surface area contributed by atoms with Crippen LogP contribution in [0.1, 0.15) is 58.9 Å². The number of aromatic nitrogens is 3. The average Bonchev–Trinajstić information content (AvgIpc) is 3.43. The van der Waals surface area contributed by atoms with Gasteiger partial charge in [0.05, 0.1) is 26.8 Å². The zero-order valence-electron chi connectivity index (χ0n) is 25.6. The lowest BCUT2D eigenvalue weighted by Gasteiger charge is -2.40. The molecule has 44 heavy (non-hydrogen) atoms. The van der Waals surface area contributed by atoms with Gasteiger partial charge in [-0.05, 0) is 31.9 Å². The third kappa shape index (κ3) is 7.78. The molecule has 0 saturated carbocycles. The third-order valence-corrected chi connectivity index (χ3v) is 7.06. The lowest BCUT2D eigenvalue weighted by atomic mass is 9.96. The van der Waals surface area contributed by atoms with Gasteiger partial charge in [0.1, 0.15) is 11.6 Å². The first-order valence-electron chi connectivity index (χ1n) is 14.2. The van der Waals surface area contributed by atoms with E-state index in [-0.39, 0.29) is 24.0 Å². The summed E-state index contributed by atoms with van der Waals surface area (Å²) >= 11 is 0. The summed E-state index contributed by atoms with van der Waals surface area (Å²) in [6.07, 6.45) is -0.823. The van der Waals surface area contributed by atoms with E-state index in [4.69, 9.17) is 14.2 Å². The number of carbonyl (C=O) groups excluding carboxylic acids is 4. The van der Waals surface area contributed by atoms with Gasteiger partial charge in [0.2, 0.25) is 11.6 Å². The number of rotatable bonds is 9. The van der Waals surface area contributed by atoms with Crippen LogP contribution in [0.25, 0.3) is 0 Å². The number of carbonyl (C=O) groups is 4. The normalized spacial score (nSPS) is 14.5. The molecule has 2 aromatic carbocycles. The van der Waals surface area contributed by atoms with Gasteiger partial charge in [0, 0.05) is 26.2 Å². The van der Waals surface area contributed by atoms with Gasteiger partial charge in [0.25, 0.3) is 0 Å². The van der Waals surface area contributed by atoms with Crippen LogP contribution in [0.2, 0.25) is 0 Å². The summed E-state index contributed by atoms with van der Waals surface area (Å²) in [5.41, 5.74) is 0.790. The molecule has 13 nitrogen and oxygen atoms in total. The zero-order valence-corrected chi connectivity index (χ0v) is 25.6. The standard InChI is InChI=1S/C31H38N6O7/c1-31(2,3)44-30(41)32-23(20-37-26(29(40)43-5)24(33-34-37)28(39)42-4)27(38)36-18-16-35(17-19-36)25(21-12-8-6-9-13-21)22-14-10-7-11-15-22/h6-15,23,25H,16-20H2,1-5H3,(H,32,41). The van der Waals surface area contributed by atoms with Crippen molar-refractivity contribution in [2.45, 2.75) is 45.0 Å². The molecule has 1 atom stereocenters. The molecule has 0 spiro atoms. The Hall–Kier alpha value is -4.78. The number of benzene rings is 2. The van der Waals surface area contributed by atoms with E-state index in [2.05, 4.69) is 44.8 Å². The first-order valence-corrected chi connectivity index (χ1v) is 14.2. The number of hydrogen-bond acceptors (Lipinski definition) is 10. The molecule has 3 aromatic rings. The molecule has 2 amide bonds. The topological polar surface area (TPSA) is 145 Å². The van der Waals surface area contributed by atoms with Gasteiger partial charge in [-0.3, -0.25) is 9.69 Å². The van der Waals surface area contributed by atoms with Crippen LogP contribution < -0.4 is 5.32 Å². The first kappa shape index (κ1) is 32.1. The smallest absolute Gasteiger partial charge is 0.408 e. The number of piperazine rings is 1. The van der Waals surface area contributed by atoms with E-state index in [1.165, 1.54) is 0 Å². The van der Waals surface area contributed by atoms with Crippen LogP contribution in [0.4, 0.5) is 4.79 Å². The molecule has 0 aliphatic carbocycles. The van der Waals surface area contributed by atoms with E-state index < -0.39 is 35.6 Å². The summed E-state index contributed by atoms with van der Waals surface area (Å²) in [5.74, 6) is -2.21. The first-order chi connectivity index (χ1) is 21.0. The quantitative estimate of drug-likeness (QED) is 0.285. The Balaban J connectivity index is 1.57. The van der Waals surface area contributed by atoms with Crippen molar-refractivity contribution in [3.05, 3.63) is 83.2 Å². The van der Waals surface area contributed by atoms with Crippen LogP contribution in [0.3, 0.4) is 0 Å². The van der Waals surface area contributed by atoms with E-state index in [0.717, 1.165) is 30.0 Å². The Labute approximate surface area is 256 Å². The lowest BCUT2D eigenvalue weighted by Crippen LogP contribution is -2.57. The average molecular weight is 607 g/mol. The highest BCUT2D eigenvalue weighted by Crippen LogP contribution is 2.29. The molecule has 1 N–H and O–H groups in total. The Kier molecular flexibility index (Phi) is 10.3. The van der Waals surface area contributed by atoms with Gasteiger partial charge in [-0.1, -0.05) is 65.9 Å². The second kappa shape index (κ2) is 14.1. The molecule has 1 aliphatic heterocycles. The number of esters is 2. The fourth-order valence-electron chi connectivity index (χ4n) is 5.09. The Morgan fingerprint density at radius 2 is 1.39 bits per heavy atom. The molecule has 0 radical (unpaired) electrons. The maximum Gasteiger partial charge on any atom is 0.408 e. The van der Waals surface area contributed by atoms with Gasteiger partial charge in [-0.2, -0.15) is 0 Å². The van der Waals surface area contributed by atoms with Crippen molar-refractivity contribution in [2.24, 2.45) is 0 Å². The number of nitrogens with one attached hydrogen (secondary N) is 1. The van der Waals surface area contributed by atoms with E-state index in [9.17, 15) is 19.2 Å². The molecule has 1 saturated heterocycles. The highest BCUT2D eigenvalue weighted by atomic mass is 16.6. The predicted octanol–water partition coefficient (Wildman–Crippen LogP) is 2.68. The van der Waals surface area contributed by atoms with Gasteiger partial charge in [0.15, 0.2) is 5.69 Å². The highest BCUT2D eigenvalue weighted by Gasteiger charge is 2.35. The summed E-state index contributed by atoms with van der Waals surface area (Å²) < 4.78 is 16.0. The highest BCUT2D eigenvalue weighted by molar-refractivity contribution is 6.00. The SMILES string of the molecule is COC(=O)c1nnn(CC(NC(=O)OC(C)(C)C)C(=O)N2CCN(C(c3ccccc3)c3ccccc3)CC2)c1C(=O)OC. The molecular weight excluding hydrogens is 568 g/mol. The number of ether oxygens (including phenoxy) is 3. The van der Waals surface area contributed by atoms with Gasteiger partial charge in [-0.15, -0.1) is 5.10 Å². The van der Waals surface area contributed by atoms with Crippen molar-refractivity contribution >= 4 is 23.9 Å². The molecule has 0 bridgehead atoms. The van der Waals surface area contributed by atoms with E-state index >= 15 is 0 Å². The maximum absolute atomic E-state index is 13.9. The monoisotopic (exact) mass is 606 g/mol. The van der Waals surface area contributed by atoms with Crippen LogP contribution in [0.15, 0.2) is 60.7 Å². The fourth-order valence-corrected chi connectivity index (χ4v) is 5.09. The summed E-state index contributed by atoms with van der Waals surface area (Å²) in [6.45, 7) is 6.70. The van der Waals surface area contributed by atoms with E-state index in [1.54, 1.807) is 25.7 Å². The summed E-state index contributed by atoms with van der Waals surface area (Å²) in [6, 6.07) is 19.2. The van der Waals surface area contributed by atoms with E-state index in [1.807, 2.05) is 36.4 Å². The Morgan fingerprint density at radius 1 is 0.841 bits per heavy atom. The summed E-state index contributed by atoms with van der Waals surface area (Å²) in [4.78, 5) is 55.6. The molecule has 13 heteroatoms. The fraction of sp³-hybridized carbons (Fsp3) is 0.419. The van der Waals surface area contributed by atoms with Crippen molar-refractivity contribution in [2.75, 3.05) is 40.4 Å². The molecule has 1 fully saturated rings. The number of amides is 2. The maximum atomic E-state index is 13.9. The zero-order chi connectivity index (χ0) is 31.9. The molecule has 4 rings (SSSR count). The minimum Gasteiger partial charge on any atom is -0.464 e. The Bertz CT molecular complexity index is 1410. The van der Waals surface area contributed by atoms with Crippen molar-refractivity contribution in [3.63, 3.8) is 0 Å². The van der Waals surface area contributed by atoms with Crippen molar-refractivity contribution < 1.29 is 33.4 Å². The second-order valence-electron chi connectivity index (χ2n) is 11.2. The molecular formula is C31H38N6O7. The number of methoxy groups -OCH3 is 2. The molecule has 234 valence electrons. The molecule has 1 aromatic heterocycles. The van der Waals surface area contributed by atoms with Crippen molar-refractivity contribution in [1.82, 2.24) is 30.1 Å². The van der Waals surface area contributed by atoms with Gasteiger partial charge >= 0.3 is 18.0 Å². The largest absolute Gasteiger partial charge is 0.464 e. The molecule has 1 unspecified atom stereocenters. The number of nitrogens with zero attached hydrogens (tertiary/aromatic N) is 5. The van der Waals surface area contributed by atoms with Crippen molar-refractivity contribution in [1.29, 1.82) is 0 Å².